The second-order valence-corrected chi connectivity index (χ2v) is 10.5. The van der Waals surface area contributed by atoms with Gasteiger partial charge in [0.1, 0.15) is 23.4 Å². The van der Waals surface area contributed by atoms with Gasteiger partial charge in [-0.15, -0.1) is 0 Å². The van der Waals surface area contributed by atoms with Crippen molar-refractivity contribution in [1.82, 2.24) is 14.5 Å². The number of ether oxygens (including phenoxy) is 4. The molecule has 0 aliphatic carbocycles. The van der Waals surface area contributed by atoms with Crippen LogP contribution in [0.1, 0.15) is 37.3 Å². The Balaban J connectivity index is 1.39. The molecule has 1 aliphatic heterocycles. The van der Waals surface area contributed by atoms with Gasteiger partial charge in [0.25, 0.3) is 0 Å². The number of carbonyl (C=O) groups excluding carboxylic acids is 3. The molecule has 10 nitrogen and oxygen atoms in total. The maximum atomic E-state index is 13.4. The van der Waals surface area contributed by atoms with Crippen LogP contribution in [0, 0.1) is 0 Å². The minimum absolute atomic E-state index is 0.0578. The summed E-state index contributed by atoms with van der Waals surface area (Å²) in [6.45, 7) is -0.327. The Hall–Kier alpha value is -4.77. The van der Waals surface area contributed by atoms with Gasteiger partial charge in [-0.3, -0.25) is 4.57 Å². The van der Waals surface area contributed by atoms with Crippen molar-refractivity contribution in [3.63, 3.8) is 0 Å². The van der Waals surface area contributed by atoms with Gasteiger partial charge in [0.15, 0.2) is 23.6 Å². The predicted octanol–water partition coefficient (Wildman–Crippen LogP) is 5.94. The summed E-state index contributed by atoms with van der Waals surface area (Å²) >= 11 is 12.5. The first-order chi connectivity index (χ1) is 21.4. The molecule has 0 unspecified atom stereocenters. The Morgan fingerprint density at radius 1 is 0.750 bits per heavy atom. The Kier molecular flexibility index (Phi) is 8.56. The van der Waals surface area contributed by atoms with Crippen molar-refractivity contribution in [2.45, 2.75) is 24.5 Å². The summed E-state index contributed by atoms with van der Waals surface area (Å²) in [5.74, 6) is -1.99. The lowest BCUT2D eigenvalue weighted by Crippen LogP contribution is -2.41. The smallest absolute Gasteiger partial charge is 0.338 e. The molecule has 0 radical (unpaired) electrons. The number of imidazole rings is 1. The quantitative estimate of drug-likeness (QED) is 0.116. The van der Waals surface area contributed by atoms with Crippen molar-refractivity contribution >= 4 is 52.1 Å². The highest BCUT2D eigenvalue weighted by atomic mass is 35.5. The molecular formula is C32H23Cl2N3O7. The number of rotatable bonds is 8. The molecule has 3 aromatic carbocycles. The van der Waals surface area contributed by atoms with Crippen molar-refractivity contribution in [3.05, 3.63) is 130 Å². The maximum Gasteiger partial charge on any atom is 0.338 e. The number of hydrogen-bond donors (Lipinski definition) is 0. The molecule has 222 valence electrons. The monoisotopic (exact) mass is 631 g/mol. The third kappa shape index (κ3) is 6.14. The highest BCUT2D eigenvalue weighted by Gasteiger charge is 2.51. The lowest BCUT2D eigenvalue weighted by atomic mass is 10.1. The van der Waals surface area contributed by atoms with E-state index in [1.807, 2.05) is 0 Å². The first kappa shape index (κ1) is 29.3. The number of halogens is 2. The van der Waals surface area contributed by atoms with Crippen LogP contribution in [0.15, 0.2) is 103 Å². The lowest BCUT2D eigenvalue weighted by Gasteiger charge is -2.25. The van der Waals surface area contributed by atoms with Crippen molar-refractivity contribution in [3.8, 4) is 0 Å². The summed E-state index contributed by atoms with van der Waals surface area (Å²) < 4.78 is 25.5. The Bertz CT molecular complexity index is 1800. The lowest BCUT2D eigenvalue weighted by molar-refractivity contribution is -0.0604. The normalized spacial score (nSPS) is 19.4. The Labute approximate surface area is 261 Å². The van der Waals surface area contributed by atoms with E-state index < -0.39 is 42.4 Å². The van der Waals surface area contributed by atoms with E-state index in [4.69, 9.17) is 42.1 Å². The van der Waals surface area contributed by atoms with Gasteiger partial charge >= 0.3 is 17.9 Å². The zero-order valence-electron chi connectivity index (χ0n) is 22.8. The van der Waals surface area contributed by atoms with Crippen LogP contribution in [0.5, 0.6) is 0 Å². The van der Waals surface area contributed by atoms with E-state index >= 15 is 0 Å². The molecule has 12 heteroatoms. The molecule has 2 aromatic heterocycles. The summed E-state index contributed by atoms with van der Waals surface area (Å²) in [5, 5.41) is 0.156. The summed E-state index contributed by atoms with van der Waals surface area (Å²) in [6.07, 6.45) is -3.17. The van der Waals surface area contributed by atoms with Gasteiger partial charge in [-0.2, -0.15) is 0 Å². The fraction of sp³-hybridized carbons (Fsp3) is 0.156. The van der Waals surface area contributed by atoms with Crippen LogP contribution in [0.25, 0.3) is 11.0 Å². The van der Waals surface area contributed by atoms with Gasteiger partial charge in [0.2, 0.25) is 0 Å². The Morgan fingerprint density at radius 2 is 1.27 bits per heavy atom. The van der Waals surface area contributed by atoms with Crippen molar-refractivity contribution < 1.29 is 33.3 Å². The first-order valence-corrected chi connectivity index (χ1v) is 14.2. The second-order valence-electron chi connectivity index (χ2n) is 9.76. The molecule has 0 bridgehead atoms. The van der Waals surface area contributed by atoms with E-state index in [1.54, 1.807) is 95.6 Å². The topological polar surface area (TPSA) is 119 Å². The largest absolute Gasteiger partial charge is 0.459 e. The van der Waals surface area contributed by atoms with Gasteiger partial charge < -0.3 is 18.9 Å². The van der Waals surface area contributed by atoms with Crippen LogP contribution in [-0.2, 0) is 18.9 Å². The first-order valence-electron chi connectivity index (χ1n) is 13.5. The van der Waals surface area contributed by atoms with Crippen LogP contribution in [0.3, 0.4) is 0 Å². The molecule has 1 saturated heterocycles. The second kappa shape index (κ2) is 12.8. The third-order valence-electron chi connectivity index (χ3n) is 6.94. The van der Waals surface area contributed by atoms with Gasteiger partial charge in [0.05, 0.1) is 28.5 Å². The van der Waals surface area contributed by atoms with Crippen LogP contribution < -0.4 is 0 Å². The number of fused-ring (bicyclic) bond motifs is 1. The number of benzene rings is 3. The molecular weight excluding hydrogens is 609 g/mol. The van der Waals surface area contributed by atoms with Crippen LogP contribution in [0.2, 0.25) is 10.3 Å². The summed E-state index contributed by atoms with van der Waals surface area (Å²) in [5.41, 5.74) is 1.61. The van der Waals surface area contributed by atoms with E-state index in [9.17, 15) is 14.4 Å². The number of carbonyl (C=O) groups is 3. The Morgan fingerprint density at radius 3 is 1.84 bits per heavy atom. The summed E-state index contributed by atoms with van der Waals surface area (Å²) in [4.78, 5) is 47.9. The van der Waals surface area contributed by atoms with Crippen LogP contribution in [-0.4, -0.2) is 57.4 Å². The molecule has 1 aliphatic rings. The van der Waals surface area contributed by atoms with Gasteiger partial charge in [-0.1, -0.05) is 77.8 Å². The van der Waals surface area contributed by atoms with Crippen LogP contribution >= 0.6 is 23.2 Å². The van der Waals surface area contributed by atoms with E-state index in [2.05, 4.69) is 9.97 Å². The van der Waals surface area contributed by atoms with Gasteiger partial charge in [-0.05, 0) is 36.4 Å². The fourth-order valence-electron chi connectivity index (χ4n) is 4.85. The van der Waals surface area contributed by atoms with Crippen molar-refractivity contribution in [2.24, 2.45) is 0 Å². The fourth-order valence-corrected chi connectivity index (χ4v) is 5.32. The summed E-state index contributed by atoms with van der Waals surface area (Å²) in [7, 11) is 0. The average Bonchev–Trinajstić information content (AvgIpc) is 3.62. The number of aromatic nitrogens is 3. The standard InChI is InChI=1S/C32H23Cl2N3O7/c33-24-16-22-25(28(34)36-24)35-18-37(22)29-27(44-32(40)21-14-8-3-9-15-21)26(43-31(39)20-12-6-2-7-13-20)23(42-29)17-41-30(38)19-10-4-1-5-11-19/h1-16,18,23,26-27,29H,17H2/t23-,26-,27-,29+/m1/s1. The van der Waals surface area contributed by atoms with Gasteiger partial charge in [0, 0.05) is 6.07 Å². The molecule has 0 spiro atoms. The van der Waals surface area contributed by atoms with Gasteiger partial charge in [-0.25, -0.2) is 24.4 Å². The molecule has 0 amide bonds. The SMILES string of the molecule is O=C(OC[C@H]1O[C@H](n2cnc3c(Cl)nc(Cl)cc32)[C@H](OC(=O)c2ccccc2)[C@@H]1OC(=O)c1ccccc1)c1ccccc1. The molecule has 0 N–H and O–H groups in total. The zero-order valence-corrected chi connectivity index (χ0v) is 24.3. The summed E-state index contributed by atoms with van der Waals surface area (Å²) in [6, 6.07) is 26.6. The molecule has 3 heterocycles. The minimum atomic E-state index is -1.22. The zero-order chi connectivity index (χ0) is 30.6. The molecule has 1 fully saturated rings. The van der Waals surface area contributed by atoms with Crippen molar-refractivity contribution in [2.75, 3.05) is 6.61 Å². The highest BCUT2D eigenvalue weighted by molar-refractivity contribution is 6.36. The van der Waals surface area contributed by atoms with E-state index in [1.165, 1.54) is 12.4 Å². The molecule has 44 heavy (non-hydrogen) atoms. The molecule has 4 atom stereocenters. The van der Waals surface area contributed by atoms with E-state index in [-0.39, 0.29) is 28.0 Å². The molecule has 0 saturated carbocycles. The van der Waals surface area contributed by atoms with Crippen molar-refractivity contribution in [1.29, 1.82) is 0 Å². The van der Waals surface area contributed by atoms with E-state index in [0.29, 0.717) is 16.6 Å². The third-order valence-corrected chi connectivity index (χ3v) is 7.40. The maximum absolute atomic E-state index is 13.4. The number of hydrogen-bond acceptors (Lipinski definition) is 9. The molecule has 6 rings (SSSR count). The van der Waals surface area contributed by atoms with Crippen LogP contribution in [0.4, 0.5) is 0 Å². The predicted molar refractivity (Wildman–Crippen MR) is 159 cm³/mol. The number of esters is 3. The highest BCUT2D eigenvalue weighted by Crippen LogP contribution is 2.38. The van der Waals surface area contributed by atoms with E-state index in [0.717, 1.165) is 0 Å². The molecule has 5 aromatic rings. The number of nitrogens with zero attached hydrogens (tertiary/aromatic N) is 3. The minimum Gasteiger partial charge on any atom is -0.459 e. The number of pyridine rings is 1. The average molecular weight is 632 g/mol.